The van der Waals surface area contributed by atoms with Gasteiger partial charge in [-0.3, -0.25) is 4.90 Å². The summed E-state index contributed by atoms with van der Waals surface area (Å²) in [5, 5.41) is 0. The quantitative estimate of drug-likeness (QED) is 0.133. The average Bonchev–Trinajstić information content (AvgIpc) is 3.65. The fraction of sp³-hybridized carbons (Fsp3) is 0.270. The molecule has 0 saturated carbocycles. The topological polar surface area (TPSA) is 48.8 Å². The van der Waals surface area contributed by atoms with Crippen molar-refractivity contribution in [1.29, 1.82) is 0 Å². The molecule has 0 saturated heterocycles. The highest BCUT2D eigenvalue weighted by atomic mass is 19.3. The molecule has 6 rings (SSSR count). The summed E-state index contributed by atoms with van der Waals surface area (Å²) in [6, 6.07) is 31.8. The normalized spacial score (nSPS) is 12.3. The zero-order chi connectivity index (χ0) is 31.2. The molecule has 0 bridgehead atoms. The zero-order valence-electron chi connectivity index (χ0n) is 25.6. The minimum atomic E-state index is -2.86. The number of fused-ring (bicyclic) bond motifs is 1. The first kappa shape index (κ1) is 30.3. The smallest absolute Gasteiger partial charge is 0.387 e. The fourth-order valence-corrected chi connectivity index (χ4v) is 5.75. The molecule has 8 heteroatoms. The van der Waals surface area contributed by atoms with Crippen molar-refractivity contribution < 1.29 is 23.0 Å². The molecule has 232 valence electrons. The van der Waals surface area contributed by atoms with Crippen molar-refractivity contribution in [3.05, 3.63) is 119 Å². The van der Waals surface area contributed by atoms with Crippen molar-refractivity contribution in [1.82, 2.24) is 14.5 Å². The molecule has 0 N–H and O–H groups in total. The molecule has 1 aliphatic heterocycles. The maximum atomic E-state index is 12.8. The summed E-state index contributed by atoms with van der Waals surface area (Å²) in [4.78, 5) is 7.67. The third-order valence-electron chi connectivity index (χ3n) is 7.90. The fourth-order valence-electron chi connectivity index (χ4n) is 5.75. The summed E-state index contributed by atoms with van der Waals surface area (Å²) in [5.41, 5.74) is 7.48. The molecule has 0 amide bonds. The van der Waals surface area contributed by atoms with Gasteiger partial charge in [0.25, 0.3) is 0 Å². The highest BCUT2D eigenvalue weighted by Crippen LogP contribution is 2.35. The lowest BCUT2D eigenvalue weighted by atomic mass is 10.1. The Morgan fingerprint density at radius 2 is 1.56 bits per heavy atom. The van der Waals surface area contributed by atoms with E-state index >= 15 is 0 Å². The van der Waals surface area contributed by atoms with Gasteiger partial charge in [-0.25, -0.2) is 4.98 Å². The number of aromatic nitrogens is 2. The summed E-state index contributed by atoms with van der Waals surface area (Å²) in [7, 11) is 0. The van der Waals surface area contributed by atoms with Gasteiger partial charge in [0.15, 0.2) is 11.5 Å². The number of rotatable bonds is 13. The number of hydrogen-bond acceptors (Lipinski definition) is 5. The van der Waals surface area contributed by atoms with Crippen molar-refractivity contribution in [3.8, 4) is 39.9 Å². The van der Waals surface area contributed by atoms with Gasteiger partial charge in [0.05, 0.1) is 11.4 Å². The van der Waals surface area contributed by atoms with Gasteiger partial charge in [-0.1, -0.05) is 85.6 Å². The van der Waals surface area contributed by atoms with Gasteiger partial charge in [-0.05, 0) is 54.8 Å². The van der Waals surface area contributed by atoms with Crippen LogP contribution in [-0.4, -0.2) is 27.9 Å². The summed E-state index contributed by atoms with van der Waals surface area (Å²) in [5.74, 6) is 2.57. The number of nitrogens with zero attached hydrogens (tertiary/aromatic N) is 3. The molecule has 1 aliphatic rings. The van der Waals surface area contributed by atoms with Crippen LogP contribution in [0.5, 0.6) is 17.2 Å². The van der Waals surface area contributed by atoms with E-state index in [1.54, 1.807) is 12.1 Å². The first-order valence-electron chi connectivity index (χ1n) is 15.3. The summed E-state index contributed by atoms with van der Waals surface area (Å²) < 4.78 is 43.8. The molecule has 0 spiro atoms. The predicted octanol–water partition coefficient (Wildman–Crippen LogP) is 8.86. The summed E-state index contributed by atoms with van der Waals surface area (Å²) in [6.45, 7) is 4.31. The molecular weight excluding hydrogens is 572 g/mol. The van der Waals surface area contributed by atoms with Crippen LogP contribution in [0.1, 0.15) is 42.1 Å². The van der Waals surface area contributed by atoms with E-state index in [1.807, 2.05) is 42.5 Å². The van der Waals surface area contributed by atoms with Gasteiger partial charge in [0, 0.05) is 37.3 Å². The number of ether oxygens (including phenoxy) is 3. The van der Waals surface area contributed by atoms with Crippen LogP contribution < -0.4 is 14.2 Å². The zero-order valence-corrected chi connectivity index (χ0v) is 25.6. The number of imidazole rings is 1. The van der Waals surface area contributed by atoms with Crippen LogP contribution in [-0.2, 0) is 26.2 Å². The molecule has 0 fully saturated rings. The molecule has 1 aromatic heterocycles. The Hall–Kier alpha value is -4.69. The lowest BCUT2D eigenvalue weighted by Crippen LogP contribution is -2.24. The second-order valence-electron chi connectivity index (χ2n) is 11.3. The molecule has 0 unspecified atom stereocenters. The van der Waals surface area contributed by atoms with Crippen LogP contribution >= 0.6 is 0 Å². The molecule has 0 atom stereocenters. The number of alkyl halides is 2. The minimum absolute atomic E-state index is 0.142. The number of benzene rings is 4. The second kappa shape index (κ2) is 13.9. The number of halogens is 2. The Labute approximate surface area is 262 Å². The monoisotopic (exact) mass is 609 g/mol. The Morgan fingerprint density at radius 3 is 2.31 bits per heavy atom. The standard InChI is InChI=1S/C37H37F2N3O3/c1-3-4-19-42-32(35(30-12-8-9-26(2)20-30)40-36(42)29-10-6-5-7-11-29)24-41(22-27-13-16-31(17-14-27)45-37(38)39)23-28-15-18-33-34(21-28)44-25-43-33/h5-18,20-21,37H,3-4,19,22-25H2,1-2H3. The highest BCUT2D eigenvalue weighted by Gasteiger charge is 2.23. The molecule has 45 heavy (non-hydrogen) atoms. The van der Waals surface area contributed by atoms with Crippen molar-refractivity contribution in [3.63, 3.8) is 0 Å². The summed E-state index contributed by atoms with van der Waals surface area (Å²) >= 11 is 0. The first-order chi connectivity index (χ1) is 22.0. The third-order valence-corrected chi connectivity index (χ3v) is 7.90. The Morgan fingerprint density at radius 1 is 0.822 bits per heavy atom. The minimum Gasteiger partial charge on any atom is -0.454 e. The van der Waals surface area contributed by atoms with Gasteiger partial charge in [-0.15, -0.1) is 0 Å². The SMILES string of the molecule is CCCCn1c(-c2ccccc2)nc(-c2cccc(C)c2)c1CN(Cc1ccc(OC(F)F)cc1)Cc1ccc2c(c1)OCO2. The van der Waals surface area contributed by atoms with E-state index in [4.69, 9.17) is 14.5 Å². The third kappa shape index (κ3) is 7.35. The Balaban J connectivity index is 1.42. The van der Waals surface area contributed by atoms with Gasteiger partial charge >= 0.3 is 6.61 Å². The van der Waals surface area contributed by atoms with Crippen LogP contribution in [0, 0.1) is 6.92 Å². The second-order valence-corrected chi connectivity index (χ2v) is 11.3. The van der Waals surface area contributed by atoms with Crippen molar-refractivity contribution in [2.45, 2.75) is 59.5 Å². The molecule has 6 nitrogen and oxygen atoms in total. The van der Waals surface area contributed by atoms with E-state index in [1.165, 1.54) is 5.56 Å². The molecular formula is C37H37F2N3O3. The lowest BCUT2D eigenvalue weighted by Gasteiger charge is -2.25. The van der Waals surface area contributed by atoms with Crippen LogP contribution in [0.4, 0.5) is 8.78 Å². The average molecular weight is 610 g/mol. The molecule has 2 heterocycles. The van der Waals surface area contributed by atoms with E-state index in [9.17, 15) is 8.78 Å². The number of unbranched alkanes of at least 4 members (excludes halogenated alkanes) is 1. The Bertz CT molecular complexity index is 1720. The maximum Gasteiger partial charge on any atom is 0.387 e. The van der Waals surface area contributed by atoms with Crippen LogP contribution in [0.25, 0.3) is 22.6 Å². The largest absolute Gasteiger partial charge is 0.454 e. The van der Waals surface area contributed by atoms with Crippen molar-refractivity contribution in [2.24, 2.45) is 0 Å². The van der Waals surface area contributed by atoms with Gasteiger partial charge in [-0.2, -0.15) is 8.78 Å². The van der Waals surface area contributed by atoms with E-state index in [2.05, 4.69) is 70.5 Å². The Kier molecular flexibility index (Phi) is 9.41. The van der Waals surface area contributed by atoms with E-state index in [0.717, 1.165) is 70.4 Å². The number of aryl methyl sites for hydroxylation is 1. The lowest BCUT2D eigenvalue weighted by molar-refractivity contribution is -0.0498. The number of hydrogen-bond donors (Lipinski definition) is 0. The van der Waals surface area contributed by atoms with Gasteiger partial charge < -0.3 is 18.8 Å². The molecule has 4 aromatic carbocycles. The maximum absolute atomic E-state index is 12.8. The summed E-state index contributed by atoms with van der Waals surface area (Å²) in [6.07, 6.45) is 2.07. The van der Waals surface area contributed by atoms with E-state index < -0.39 is 6.61 Å². The van der Waals surface area contributed by atoms with Crippen molar-refractivity contribution >= 4 is 0 Å². The van der Waals surface area contributed by atoms with Crippen LogP contribution in [0.15, 0.2) is 97.1 Å². The van der Waals surface area contributed by atoms with Gasteiger partial charge in [0.1, 0.15) is 11.6 Å². The van der Waals surface area contributed by atoms with E-state index in [0.29, 0.717) is 19.6 Å². The highest BCUT2D eigenvalue weighted by molar-refractivity contribution is 5.69. The molecule has 5 aromatic rings. The van der Waals surface area contributed by atoms with E-state index in [-0.39, 0.29) is 12.5 Å². The van der Waals surface area contributed by atoms with Crippen molar-refractivity contribution in [2.75, 3.05) is 6.79 Å². The van der Waals surface area contributed by atoms with Gasteiger partial charge in [0.2, 0.25) is 6.79 Å². The molecule has 0 aliphatic carbocycles. The first-order valence-corrected chi connectivity index (χ1v) is 15.3. The van der Waals surface area contributed by atoms with Crippen LogP contribution in [0.2, 0.25) is 0 Å². The molecule has 0 radical (unpaired) electrons. The predicted molar refractivity (Wildman–Crippen MR) is 171 cm³/mol. The van der Waals surface area contributed by atoms with Crippen LogP contribution in [0.3, 0.4) is 0 Å².